The van der Waals surface area contributed by atoms with Crippen LogP contribution in [0.4, 0.5) is 5.69 Å². The zero-order valence-electron chi connectivity index (χ0n) is 10.7. The van der Waals surface area contributed by atoms with Crippen LogP contribution in [0.15, 0.2) is 22.7 Å². The summed E-state index contributed by atoms with van der Waals surface area (Å²) < 4.78 is 0.975. The third kappa shape index (κ3) is 2.75. The molecule has 3 nitrogen and oxygen atoms in total. The summed E-state index contributed by atoms with van der Waals surface area (Å²) in [5, 5.41) is 9.65. The minimum Gasteiger partial charge on any atom is -0.393 e. The van der Waals surface area contributed by atoms with Gasteiger partial charge in [-0.1, -0.05) is 15.9 Å². The highest BCUT2D eigenvalue weighted by molar-refractivity contribution is 9.10. The number of nitrogens with zero attached hydrogens (tertiary/aromatic N) is 1. The molecule has 0 amide bonds. The number of carbonyl (C=O) groups is 1. The standard InChI is InChI=1S/C14H18BrNO2/c1-9(17)11-5-6-16(8-11)14-7-12(15)3-4-13(14)10(2)18/h3-4,7,9,11,17H,5-6,8H2,1-2H3. The number of Topliss-reactive ketones (excluding diaryl/α,β-unsaturated/α-hetero) is 1. The summed E-state index contributed by atoms with van der Waals surface area (Å²) in [4.78, 5) is 13.9. The fourth-order valence-corrected chi connectivity index (χ4v) is 2.81. The van der Waals surface area contributed by atoms with Gasteiger partial charge in [0.05, 0.1) is 6.10 Å². The van der Waals surface area contributed by atoms with E-state index in [2.05, 4.69) is 20.8 Å². The van der Waals surface area contributed by atoms with Gasteiger partial charge in [0.25, 0.3) is 0 Å². The lowest BCUT2D eigenvalue weighted by Gasteiger charge is -2.22. The van der Waals surface area contributed by atoms with Crippen molar-refractivity contribution in [3.05, 3.63) is 28.2 Å². The summed E-state index contributed by atoms with van der Waals surface area (Å²) in [6, 6.07) is 5.74. The molecule has 1 saturated heterocycles. The highest BCUT2D eigenvalue weighted by Gasteiger charge is 2.27. The molecule has 0 radical (unpaired) electrons. The number of benzene rings is 1. The first-order valence-corrected chi connectivity index (χ1v) is 7.02. The molecule has 1 fully saturated rings. The second kappa shape index (κ2) is 5.41. The van der Waals surface area contributed by atoms with Gasteiger partial charge in [-0.2, -0.15) is 0 Å². The van der Waals surface area contributed by atoms with E-state index in [1.807, 2.05) is 25.1 Å². The first-order chi connectivity index (χ1) is 8.49. The number of ketones is 1. The molecule has 1 heterocycles. The van der Waals surface area contributed by atoms with Gasteiger partial charge >= 0.3 is 0 Å². The Labute approximate surface area is 116 Å². The van der Waals surface area contributed by atoms with Crippen LogP contribution in [-0.2, 0) is 0 Å². The van der Waals surface area contributed by atoms with Crippen LogP contribution < -0.4 is 4.90 Å². The second-order valence-electron chi connectivity index (χ2n) is 4.95. The molecule has 1 N–H and O–H groups in total. The number of rotatable bonds is 3. The molecule has 0 bridgehead atoms. The molecule has 0 aromatic heterocycles. The number of halogens is 1. The van der Waals surface area contributed by atoms with E-state index in [0.717, 1.165) is 35.2 Å². The first-order valence-electron chi connectivity index (χ1n) is 6.22. The lowest BCUT2D eigenvalue weighted by Crippen LogP contribution is -2.25. The van der Waals surface area contributed by atoms with Crippen LogP contribution in [0.1, 0.15) is 30.6 Å². The largest absolute Gasteiger partial charge is 0.393 e. The van der Waals surface area contributed by atoms with E-state index in [9.17, 15) is 9.90 Å². The Bertz CT molecular complexity index is 459. The van der Waals surface area contributed by atoms with Crippen molar-refractivity contribution in [1.29, 1.82) is 0 Å². The zero-order valence-corrected chi connectivity index (χ0v) is 12.3. The summed E-state index contributed by atoms with van der Waals surface area (Å²) in [5.74, 6) is 0.377. The van der Waals surface area contributed by atoms with Crippen molar-refractivity contribution in [2.24, 2.45) is 5.92 Å². The van der Waals surface area contributed by atoms with Gasteiger partial charge in [0.1, 0.15) is 0 Å². The Morgan fingerprint density at radius 1 is 1.56 bits per heavy atom. The molecule has 98 valence electrons. The highest BCUT2D eigenvalue weighted by atomic mass is 79.9. The topological polar surface area (TPSA) is 40.5 Å². The van der Waals surface area contributed by atoms with Gasteiger partial charge < -0.3 is 10.0 Å². The Morgan fingerprint density at radius 3 is 2.83 bits per heavy atom. The molecule has 18 heavy (non-hydrogen) atoms. The van der Waals surface area contributed by atoms with Crippen LogP contribution in [0.25, 0.3) is 0 Å². The lowest BCUT2D eigenvalue weighted by molar-refractivity contribution is 0.101. The van der Waals surface area contributed by atoms with Crippen LogP contribution >= 0.6 is 15.9 Å². The van der Waals surface area contributed by atoms with Gasteiger partial charge in [-0.15, -0.1) is 0 Å². The number of hydrogen-bond donors (Lipinski definition) is 1. The predicted molar refractivity (Wildman–Crippen MR) is 76.1 cm³/mol. The molecule has 1 aliphatic heterocycles. The number of anilines is 1. The average molecular weight is 312 g/mol. The van der Waals surface area contributed by atoms with Crippen molar-refractivity contribution in [3.8, 4) is 0 Å². The van der Waals surface area contributed by atoms with Gasteiger partial charge in [0.15, 0.2) is 5.78 Å². The van der Waals surface area contributed by atoms with Gasteiger partial charge in [-0.3, -0.25) is 4.79 Å². The average Bonchev–Trinajstić information content (AvgIpc) is 2.77. The van der Waals surface area contributed by atoms with Crippen molar-refractivity contribution in [1.82, 2.24) is 0 Å². The predicted octanol–water partition coefficient (Wildman–Crippen LogP) is 2.86. The maximum absolute atomic E-state index is 11.7. The van der Waals surface area contributed by atoms with Crippen LogP contribution in [0.5, 0.6) is 0 Å². The van der Waals surface area contributed by atoms with Crippen LogP contribution in [0.3, 0.4) is 0 Å². The molecule has 0 saturated carbocycles. The van der Waals surface area contributed by atoms with Gasteiger partial charge in [0, 0.05) is 34.7 Å². The molecule has 0 aliphatic carbocycles. The number of aliphatic hydroxyl groups excluding tert-OH is 1. The van der Waals surface area contributed by atoms with E-state index < -0.39 is 0 Å². The summed E-state index contributed by atoms with van der Waals surface area (Å²) in [7, 11) is 0. The molecule has 1 aromatic carbocycles. The second-order valence-corrected chi connectivity index (χ2v) is 5.87. The molecule has 1 aromatic rings. The highest BCUT2D eigenvalue weighted by Crippen LogP contribution is 2.31. The number of carbonyl (C=O) groups excluding carboxylic acids is 1. The molecule has 2 rings (SSSR count). The van der Waals surface area contributed by atoms with Crippen LogP contribution in [0.2, 0.25) is 0 Å². The Balaban J connectivity index is 2.28. The quantitative estimate of drug-likeness (QED) is 0.873. The molecule has 1 aliphatic rings. The van der Waals surface area contributed by atoms with Crippen molar-refractivity contribution in [2.75, 3.05) is 18.0 Å². The number of aliphatic hydroxyl groups is 1. The molecular weight excluding hydrogens is 294 g/mol. The minimum absolute atomic E-state index is 0.0815. The molecule has 2 atom stereocenters. The van der Waals surface area contributed by atoms with Gasteiger partial charge in [-0.05, 0) is 38.5 Å². The minimum atomic E-state index is -0.289. The van der Waals surface area contributed by atoms with Crippen LogP contribution in [-0.4, -0.2) is 30.1 Å². The van der Waals surface area contributed by atoms with Crippen molar-refractivity contribution >= 4 is 27.4 Å². The maximum Gasteiger partial charge on any atom is 0.161 e. The molecular formula is C14H18BrNO2. The molecule has 2 unspecified atom stereocenters. The van der Waals surface area contributed by atoms with E-state index in [-0.39, 0.29) is 11.9 Å². The van der Waals surface area contributed by atoms with E-state index in [1.54, 1.807) is 6.92 Å². The lowest BCUT2D eigenvalue weighted by atomic mass is 10.0. The number of hydrogen-bond acceptors (Lipinski definition) is 3. The van der Waals surface area contributed by atoms with E-state index in [0.29, 0.717) is 5.92 Å². The maximum atomic E-state index is 11.7. The van der Waals surface area contributed by atoms with E-state index in [1.165, 1.54) is 0 Å². The normalized spacial score (nSPS) is 21.1. The summed E-state index contributed by atoms with van der Waals surface area (Å²) >= 11 is 3.45. The fourth-order valence-electron chi connectivity index (χ4n) is 2.46. The summed E-state index contributed by atoms with van der Waals surface area (Å²) in [6.07, 6.45) is 0.685. The summed E-state index contributed by atoms with van der Waals surface area (Å²) in [6.45, 7) is 5.14. The van der Waals surface area contributed by atoms with E-state index >= 15 is 0 Å². The van der Waals surface area contributed by atoms with Crippen molar-refractivity contribution in [2.45, 2.75) is 26.4 Å². The monoisotopic (exact) mass is 311 g/mol. The first kappa shape index (κ1) is 13.6. The SMILES string of the molecule is CC(=O)c1ccc(Br)cc1N1CCC(C(C)O)C1. The molecule has 0 spiro atoms. The van der Waals surface area contributed by atoms with E-state index in [4.69, 9.17) is 0 Å². The van der Waals surface area contributed by atoms with Crippen molar-refractivity contribution < 1.29 is 9.90 Å². The molecule has 4 heteroatoms. The zero-order chi connectivity index (χ0) is 13.3. The fraction of sp³-hybridized carbons (Fsp3) is 0.500. The Hall–Kier alpha value is -0.870. The van der Waals surface area contributed by atoms with Gasteiger partial charge in [0.2, 0.25) is 0 Å². The van der Waals surface area contributed by atoms with Crippen molar-refractivity contribution in [3.63, 3.8) is 0 Å². The smallest absolute Gasteiger partial charge is 0.161 e. The Kier molecular flexibility index (Phi) is 4.07. The third-order valence-corrected chi connectivity index (χ3v) is 4.08. The Morgan fingerprint density at radius 2 is 2.28 bits per heavy atom. The summed E-state index contributed by atoms with van der Waals surface area (Å²) in [5.41, 5.74) is 1.73. The van der Waals surface area contributed by atoms with Crippen LogP contribution in [0, 0.1) is 5.92 Å². The van der Waals surface area contributed by atoms with Gasteiger partial charge in [-0.25, -0.2) is 0 Å². The third-order valence-electron chi connectivity index (χ3n) is 3.59.